The molecule has 2 unspecified atom stereocenters. The van der Waals surface area contributed by atoms with Crippen molar-refractivity contribution in [3.8, 4) is 0 Å². The molecule has 0 spiro atoms. The van der Waals surface area contributed by atoms with Gasteiger partial charge < -0.3 is 9.73 Å². The summed E-state index contributed by atoms with van der Waals surface area (Å²) in [6.07, 6.45) is 3.79. The van der Waals surface area contributed by atoms with Gasteiger partial charge in [-0.05, 0) is 63.1 Å². The Bertz CT molecular complexity index is 569. The van der Waals surface area contributed by atoms with E-state index in [0.29, 0.717) is 12.1 Å². The summed E-state index contributed by atoms with van der Waals surface area (Å²) in [4.78, 5) is 1.57. The molecule has 1 aliphatic rings. The summed E-state index contributed by atoms with van der Waals surface area (Å²) in [5, 5.41) is 6.00. The second kappa shape index (κ2) is 5.14. The van der Waals surface area contributed by atoms with E-state index >= 15 is 0 Å². The molecule has 0 amide bonds. The maximum Gasteiger partial charge on any atom is 0.105 e. The van der Waals surface area contributed by atoms with Crippen LogP contribution in [0.2, 0.25) is 0 Å². The summed E-state index contributed by atoms with van der Waals surface area (Å²) in [6, 6.07) is 5.29. The van der Waals surface area contributed by atoms with Crippen LogP contribution in [0, 0.1) is 13.8 Å². The Balaban J connectivity index is 1.78. The molecule has 1 aliphatic carbocycles. The van der Waals surface area contributed by atoms with Crippen molar-refractivity contribution in [2.24, 2.45) is 0 Å². The third-order valence-corrected chi connectivity index (χ3v) is 5.05. The summed E-state index contributed by atoms with van der Waals surface area (Å²) >= 11 is 1.90. The van der Waals surface area contributed by atoms with Gasteiger partial charge in [0.2, 0.25) is 0 Å². The molecule has 0 aromatic carbocycles. The highest BCUT2D eigenvalue weighted by Gasteiger charge is 2.23. The lowest BCUT2D eigenvalue weighted by atomic mass is 9.93. The van der Waals surface area contributed by atoms with Gasteiger partial charge in [-0.2, -0.15) is 0 Å². The molecule has 0 radical (unpaired) electrons. The van der Waals surface area contributed by atoms with Gasteiger partial charge in [-0.3, -0.25) is 0 Å². The number of thiophene rings is 1. The first-order valence-corrected chi connectivity index (χ1v) is 7.92. The molecule has 0 bridgehead atoms. The quantitative estimate of drug-likeness (QED) is 0.879. The van der Waals surface area contributed by atoms with Crippen LogP contribution in [0.4, 0.5) is 0 Å². The zero-order valence-corrected chi connectivity index (χ0v) is 12.6. The lowest BCUT2D eigenvalue weighted by molar-refractivity contribution is 0.412. The Morgan fingerprint density at radius 1 is 1.42 bits per heavy atom. The Morgan fingerprint density at radius 2 is 2.26 bits per heavy atom. The zero-order chi connectivity index (χ0) is 13.4. The van der Waals surface area contributed by atoms with Crippen LogP contribution in [0.5, 0.6) is 0 Å². The van der Waals surface area contributed by atoms with E-state index in [-0.39, 0.29) is 0 Å². The van der Waals surface area contributed by atoms with Crippen LogP contribution in [0.1, 0.15) is 59.4 Å². The number of nitrogens with one attached hydrogen (secondary N) is 1. The monoisotopic (exact) mass is 275 g/mol. The smallest absolute Gasteiger partial charge is 0.105 e. The minimum absolute atomic E-state index is 0.341. The number of furan rings is 1. The maximum atomic E-state index is 5.64. The highest BCUT2D eigenvalue weighted by molar-refractivity contribution is 7.10. The molecule has 0 saturated heterocycles. The Labute approximate surface area is 118 Å². The average molecular weight is 275 g/mol. The van der Waals surface area contributed by atoms with E-state index in [0.717, 1.165) is 11.5 Å². The first kappa shape index (κ1) is 12.9. The summed E-state index contributed by atoms with van der Waals surface area (Å²) in [6.45, 7) is 6.30. The lowest BCUT2D eigenvalue weighted by Gasteiger charge is -2.27. The number of rotatable bonds is 3. The van der Waals surface area contributed by atoms with E-state index in [2.05, 4.69) is 36.7 Å². The van der Waals surface area contributed by atoms with Gasteiger partial charge in [0.15, 0.2) is 0 Å². The zero-order valence-electron chi connectivity index (χ0n) is 11.8. The number of hydrogen-bond donors (Lipinski definition) is 1. The normalized spacial score (nSPS) is 20.3. The molecule has 1 N–H and O–H groups in total. The molecule has 2 aromatic heterocycles. The average Bonchev–Trinajstić information content (AvgIpc) is 2.96. The molecular formula is C16H21NOS. The molecule has 2 nitrogen and oxygen atoms in total. The van der Waals surface area contributed by atoms with Gasteiger partial charge >= 0.3 is 0 Å². The van der Waals surface area contributed by atoms with Crippen molar-refractivity contribution in [3.63, 3.8) is 0 Å². The summed E-state index contributed by atoms with van der Waals surface area (Å²) in [5.74, 6) is 2.04. The van der Waals surface area contributed by atoms with E-state index in [9.17, 15) is 0 Å². The van der Waals surface area contributed by atoms with E-state index in [4.69, 9.17) is 4.42 Å². The second-order valence-corrected chi connectivity index (χ2v) is 6.50. The third-order valence-electron chi connectivity index (χ3n) is 4.05. The largest absolute Gasteiger partial charge is 0.466 e. The Morgan fingerprint density at radius 3 is 3.00 bits per heavy atom. The topological polar surface area (TPSA) is 25.2 Å². The lowest BCUT2D eigenvalue weighted by Crippen LogP contribution is -2.27. The molecule has 2 heterocycles. The van der Waals surface area contributed by atoms with Crippen molar-refractivity contribution in [2.45, 2.75) is 52.1 Å². The van der Waals surface area contributed by atoms with Gasteiger partial charge in [0.1, 0.15) is 11.5 Å². The van der Waals surface area contributed by atoms with Crippen LogP contribution < -0.4 is 5.32 Å². The predicted molar refractivity (Wildman–Crippen MR) is 79.7 cm³/mol. The van der Waals surface area contributed by atoms with Crippen molar-refractivity contribution < 1.29 is 4.42 Å². The molecular weight excluding hydrogens is 254 g/mol. The van der Waals surface area contributed by atoms with Crippen molar-refractivity contribution in [1.82, 2.24) is 5.32 Å². The molecule has 102 valence electrons. The molecule has 19 heavy (non-hydrogen) atoms. The van der Waals surface area contributed by atoms with E-state index in [1.807, 2.05) is 18.3 Å². The fraction of sp³-hybridized carbons (Fsp3) is 0.500. The van der Waals surface area contributed by atoms with Gasteiger partial charge in [0, 0.05) is 22.5 Å². The predicted octanol–water partition coefficient (Wildman–Crippen LogP) is 4.69. The first-order chi connectivity index (χ1) is 9.15. The van der Waals surface area contributed by atoms with Gasteiger partial charge in [-0.1, -0.05) is 0 Å². The molecule has 0 fully saturated rings. The standard InChI is InChI=1S/C16H21NOS/c1-10-9-14(12(3)18-10)11(2)17-15-5-4-6-16-13(15)7-8-19-16/h7-9,11,15,17H,4-6H2,1-3H3. The maximum absolute atomic E-state index is 5.64. The van der Waals surface area contributed by atoms with E-state index in [1.165, 1.54) is 30.4 Å². The van der Waals surface area contributed by atoms with Crippen LogP contribution >= 0.6 is 11.3 Å². The van der Waals surface area contributed by atoms with Gasteiger partial charge in [-0.25, -0.2) is 0 Å². The highest BCUT2D eigenvalue weighted by Crippen LogP contribution is 2.35. The van der Waals surface area contributed by atoms with Gasteiger partial charge in [-0.15, -0.1) is 11.3 Å². The second-order valence-electron chi connectivity index (χ2n) is 5.50. The Kier molecular flexibility index (Phi) is 3.50. The number of hydrogen-bond acceptors (Lipinski definition) is 3. The number of aryl methyl sites for hydroxylation is 3. The van der Waals surface area contributed by atoms with Crippen molar-refractivity contribution in [3.05, 3.63) is 45.0 Å². The molecule has 2 atom stereocenters. The summed E-state index contributed by atoms with van der Waals surface area (Å²) < 4.78 is 5.64. The fourth-order valence-corrected chi connectivity index (χ4v) is 4.12. The van der Waals surface area contributed by atoms with E-state index < -0.39 is 0 Å². The fourth-order valence-electron chi connectivity index (χ4n) is 3.13. The van der Waals surface area contributed by atoms with Crippen LogP contribution in [0.3, 0.4) is 0 Å². The molecule has 0 aliphatic heterocycles. The summed E-state index contributed by atoms with van der Waals surface area (Å²) in [7, 11) is 0. The highest BCUT2D eigenvalue weighted by atomic mass is 32.1. The summed E-state index contributed by atoms with van der Waals surface area (Å²) in [5.41, 5.74) is 2.81. The van der Waals surface area contributed by atoms with E-state index in [1.54, 1.807) is 4.88 Å². The van der Waals surface area contributed by atoms with Crippen molar-refractivity contribution in [2.75, 3.05) is 0 Å². The minimum atomic E-state index is 0.341. The van der Waals surface area contributed by atoms with Crippen molar-refractivity contribution >= 4 is 11.3 Å². The Hall–Kier alpha value is -1.06. The molecule has 0 saturated carbocycles. The SMILES string of the molecule is Cc1cc(C(C)NC2CCCc3sccc32)c(C)o1. The van der Waals surface area contributed by atoms with Crippen LogP contribution in [-0.4, -0.2) is 0 Å². The van der Waals surface area contributed by atoms with Crippen molar-refractivity contribution in [1.29, 1.82) is 0 Å². The first-order valence-electron chi connectivity index (χ1n) is 7.04. The minimum Gasteiger partial charge on any atom is -0.466 e. The van der Waals surface area contributed by atoms with Crippen LogP contribution in [-0.2, 0) is 6.42 Å². The van der Waals surface area contributed by atoms with Gasteiger partial charge in [0.25, 0.3) is 0 Å². The van der Waals surface area contributed by atoms with Gasteiger partial charge in [0.05, 0.1) is 0 Å². The van der Waals surface area contributed by atoms with Crippen LogP contribution in [0.15, 0.2) is 21.9 Å². The number of fused-ring (bicyclic) bond motifs is 1. The van der Waals surface area contributed by atoms with Crippen LogP contribution in [0.25, 0.3) is 0 Å². The molecule has 3 rings (SSSR count). The molecule has 3 heteroatoms. The third kappa shape index (κ3) is 2.49. The molecule has 2 aromatic rings.